The van der Waals surface area contributed by atoms with Crippen molar-refractivity contribution in [2.75, 3.05) is 6.61 Å². The first-order valence-corrected chi connectivity index (χ1v) is 5.92. The molecule has 7 nitrogen and oxygen atoms in total. The molecule has 0 heterocycles. The second-order valence-corrected chi connectivity index (χ2v) is 4.05. The molecule has 1 aromatic rings. The molecule has 1 amide bonds. The van der Waals surface area contributed by atoms with Crippen molar-refractivity contribution in [2.45, 2.75) is 26.2 Å². The number of para-hydroxylation sites is 1. The first kappa shape index (κ1) is 14.9. The number of carbonyl (C=O) groups is 1. The molecular formula is C12H17N3O4. The molecule has 104 valence electrons. The number of carbonyl (C=O) groups excluding carboxylic acids is 1. The molecule has 0 radical (unpaired) electrons. The number of hydrogen-bond acceptors (Lipinski definition) is 5. The zero-order valence-corrected chi connectivity index (χ0v) is 10.7. The van der Waals surface area contributed by atoms with Crippen LogP contribution in [0.15, 0.2) is 18.2 Å². The Morgan fingerprint density at radius 1 is 1.47 bits per heavy atom. The van der Waals surface area contributed by atoms with E-state index in [9.17, 15) is 14.9 Å². The van der Waals surface area contributed by atoms with E-state index in [-0.39, 0.29) is 17.3 Å². The highest BCUT2D eigenvalue weighted by Crippen LogP contribution is 2.30. The minimum atomic E-state index is -0.468. The Kier molecular flexibility index (Phi) is 5.74. The van der Waals surface area contributed by atoms with Crippen LogP contribution in [0.25, 0.3) is 0 Å². The van der Waals surface area contributed by atoms with E-state index in [0.29, 0.717) is 31.4 Å². The van der Waals surface area contributed by atoms with E-state index in [1.807, 2.05) is 5.43 Å². The van der Waals surface area contributed by atoms with E-state index >= 15 is 0 Å². The predicted molar refractivity (Wildman–Crippen MR) is 69.5 cm³/mol. The molecular weight excluding hydrogens is 250 g/mol. The van der Waals surface area contributed by atoms with Gasteiger partial charge in [0.2, 0.25) is 5.91 Å². The number of rotatable bonds is 7. The van der Waals surface area contributed by atoms with Gasteiger partial charge in [0.25, 0.3) is 0 Å². The number of nitrogens with zero attached hydrogens (tertiary/aromatic N) is 1. The number of nitrogens with one attached hydrogen (secondary N) is 1. The number of nitrogens with two attached hydrogens (primary N) is 1. The highest BCUT2D eigenvalue weighted by atomic mass is 16.6. The van der Waals surface area contributed by atoms with Crippen molar-refractivity contribution >= 4 is 11.6 Å². The van der Waals surface area contributed by atoms with Gasteiger partial charge < -0.3 is 4.74 Å². The molecule has 0 aliphatic carbocycles. The maximum atomic E-state index is 10.9. The Balaban J connectivity index is 2.49. The summed E-state index contributed by atoms with van der Waals surface area (Å²) in [7, 11) is 0. The van der Waals surface area contributed by atoms with Crippen molar-refractivity contribution in [1.82, 2.24) is 5.43 Å². The van der Waals surface area contributed by atoms with Crippen molar-refractivity contribution in [1.29, 1.82) is 0 Å². The smallest absolute Gasteiger partial charge is 0.311 e. The van der Waals surface area contributed by atoms with Gasteiger partial charge in [0.1, 0.15) is 0 Å². The number of hydrogen-bond donors (Lipinski definition) is 2. The molecule has 1 aromatic carbocycles. The maximum Gasteiger partial charge on any atom is 0.311 e. The molecule has 0 atom stereocenters. The Hall–Kier alpha value is -2.15. The van der Waals surface area contributed by atoms with E-state index < -0.39 is 4.92 Å². The zero-order valence-electron chi connectivity index (χ0n) is 10.7. The molecule has 0 unspecified atom stereocenters. The molecule has 3 N–H and O–H groups in total. The summed E-state index contributed by atoms with van der Waals surface area (Å²) in [5.74, 6) is 5.00. The summed E-state index contributed by atoms with van der Waals surface area (Å²) < 4.78 is 5.44. The van der Waals surface area contributed by atoms with Gasteiger partial charge in [-0.2, -0.15) is 0 Å². The minimum absolute atomic E-state index is 0.0419. The largest absolute Gasteiger partial charge is 0.487 e. The number of nitro benzene ring substituents is 1. The number of nitro groups is 1. The summed E-state index contributed by atoms with van der Waals surface area (Å²) >= 11 is 0. The molecule has 0 aliphatic rings. The summed E-state index contributed by atoms with van der Waals surface area (Å²) in [4.78, 5) is 21.3. The summed E-state index contributed by atoms with van der Waals surface area (Å²) in [5.41, 5.74) is 2.71. The van der Waals surface area contributed by atoms with Gasteiger partial charge in [-0.3, -0.25) is 20.3 Å². The normalized spacial score (nSPS) is 10.0. The molecule has 0 aromatic heterocycles. The lowest BCUT2D eigenvalue weighted by molar-refractivity contribution is -0.385. The Bertz CT molecular complexity index is 462. The number of hydrazine groups is 1. The van der Waals surface area contributed by atoms with Gasteiger partial charge in [-0.05, 0) is 25.3 Å². The lowest BCUT2D eigenvalue weighted by atomic mass is 10.2. The highest BCUT2D eigenvalue weighted by Gasteiger charge is 2.16. The fourth-order valence-electron chi connectivity index (χ4n) is 1.60. The van der Waals surface area contributed by atoms with Crippen molar-refractivity contribution in [3.05, 3.63) is 33.9 Å². The van der Waals surface area contributed by atoms with Crippen LogP contribution in [0.4, 0.5) is 5.69 Å². The number of benzene rings is 1. The topological polar surface area (TPSA) is 107 Å². The summed E-state index contributed by atoms with van der Waals surface area (Å²) in [6, 6.07) is 4.78. The molecule has 0 aliphatic heterocycles. The molecule has 0 saturated heterocycles. The molecule has 7 heteroatoms. The second kappa shape index (κ2) is 7.32. The van der Waals surface area contributed by atoms with Gasteiger partial charge in [0.15, 0.2) is 5.75 Å². The standard InChI is InChI=1S/C12H17N3O4/c1-9-5-4-6-10(15(17)18)12(9)19-8-3-2-7-11(16)14-13/h4-6H,2-3,7-8,13H2,1H3,(H,14,16). The monoisotopic (exact) mass is 267 g/mol. The van der Waals surface area contributed by atoms with Crippen LogP contribution in [-0.2, 0) is 4.79 Å². The third kappa shape index (κ3) is 4.55. The first-order valence-electron chi connectivity index (χ1n) is 5.92. The van der Waals surface area contributed by atoms with Crippen molar-refractivity contribution < 1.29 is 14.5 Å². The van der Waals surface area contributed by atoms with E-state index in [0.717, 1.165) is 0 Å². The van der Waals surface area contributed by atoms with Gasteiger partial charge in [-0.15, -0.1) is 0 Å². The lowest BCUT2D eigenvalue weighted by Crippen LogP contribution is -2.29. The van der Waals surface area contributed by atoms with Gasteiger partial charge in [-0.25, -0.2) is 5.84 Å². The Morgan fingerprint density at radius 3 is 2.84 bits per heavy atom. The lowest BCUT2D eigenvalue weighted by Gasteiger charge is -2.09. The molecule has 1 rings (SSSR count). The van der Waals surface area contributed by atoms with Crippen LogP contribution in [0.5, 0.6) is 5.75 Å². The van der Waals surface area contributed by atoms with Crippen molar-refractivity contribution in [3.8, 4) is 5.75 Å². The average molecular weight is 267 g/mol. The van der Waals surface area contributed by atoms with E-state index in [1.165, 1.54) is 6.07 Å². The Morgan fingerprint density at radius 2 is 2.21 bits per heavy atom. The maximum absolute atomic E-state index is 10.9. The van der Waals surface area contributed by atoms with Crippen molar-refractivity contribution in [3.63, 3.8) is 0 Å². The van der Waals surface area contributed by atoms with Crippen LogP contribution in [0, 0.1) is 17.0 Å². The molecule has 19 heavy (non-hydrogen) atoms. The minimum Gasteiger partial charge on any atom is -0.487 e. The molecule has 0 fully saturated rings. The molecule has 0 spiro atoms. The van der Waals surface area contributed by atoms with E-state index in [2.05, 4.69) is 0 Å². The van der Waals surface area contributed by atoms with Crippen LogP contribution in [0.1, 0.15) is 24.8 Å². The predicted octanol–water partition coefficient (Wildman–Crippen LogP) is 1.44. The van der Waals surface area contributed by atoms with Gasteiger partial charge in [0.05, 0.1) is 11.5 Å². The first-order chi connectivity index (χ1) is 9.06. The van der Waals surface area contributed by atoms with Crippen LogP contribution in [-0.4, -0.2) is 17.4 Å². The van der Waals surface area contributed by atoms with E-state index in [4.69, 9.17) is 10.6 Å². The van der Waals surface area contributed by atoms with Crippen molar-refractivity contribution in [2.24, 2.45) is 5.84 Å². The average Bonchev–Trinajstić information content (AvgIpc) is 2.39. The number of ether oxygens (including phenoxy) is 1. The summed E-state index contributed by atoms with van der Waals surface area (Å²) in [5, 5.41) is 10.8. The molecule has 0 bridgehead atoms. The summed E-state index contributed by atoms with van der Waals surface area (Å²) in [6.45, 7) is 2.08. The van der Waals surface area contributed by atoms with Crippen LogP contribution >= 0.6 is 0 Å². The quantitative estimate of drug-likeness (QED) is 0.255. The van der Waals surface area contributed by atoms with Gasteiger partial charge >= 0.3 is 5.69 Å². The Labute approximate surface area is 110 Å². The third-order valence-corrected chi connectivity index (χ3v) is 2.59. The van der Waals surface area contributed by atoms with Crippen LogP contribution in [0.3, 0.4) is 0 Å². The highest BCUT2D eigenvalue weighted by molar-refractivity contribution is 5.75. The molecule has 0 saturated carbocycles. The zero-order chi connectivity index (χ0) is 14.3. The SMILES string of the molecule is Cc1cccc([N+](=O)[O-])c1OCCCCC(=O)NN. The van der Waals surface area contributed by atoms with Crippen LogP contribution in [0.2, 0.25) is 0 Å². The number of unbranched alkanes of at least 4 members (excludes halogenated alkanes) is 1. The number of amides is 1. The van der Waals surface area contributed by atoms with Gasteiger partial charge in [-0.1, -0.05) is 12.1 Å². The van der Waals surface area contributed by atoms with E-state index in [1.54, 1.807) is 19.1 Å². The fraction of sp³-hybridized carbons (Fsp3) is 0.417. The van der Waals surface area contributed by atoms with Crippen LogP contribution < -0.4 is 16.0 Å². The summed E-state index contributed by atoms with van der Waals surface area (Å²) in [6.07, 6.45) is 1.55. The number of aryl methyl sites for hydroxylation is 1. The van der Waals surface area contributed by atoms with Gasteiger partial charge in [0, 0.05) is 12.5 Å². The second-order valence-electron chi connectivity index (χ2n) is 4.05. The third-order valence-electron chi connectivity index (χ3n) is 2.59. The fourth-order valence-corrected chi connectivity index (χ4v) is 1.60.